The van der Waals surface area contributed by atoms with Gasteiger partial charge < -0.3 is 19.6 Å². The lowest BCUT2D eigenvalue weighted by molar-refractivity contribution is -0.192. The molecule has 2 saturated heterocycles. The van der Waals surface area contributed by atoms with E-state index in [1.165, 1.54) is 32.2 Å². The normalized spacial score (nSPS) is 27.3. The highest BCUT2D eigenvalue weighted by atomic mass is 19.4. The van der Waals surface area contributed by atoms with Crippen molar-refractivity contribution in [3.8, 4) is 0 Å². The molecule has 1 aliphatic carbocycles. The van der Waals surface area contributed by atoms with E-state index in [0.717, 1.165) is 24.8 Å². The minimum atomic E-state index is -5.08. The van der Waals surface area contributed by atoms with Crippen molar-refractivity contribution in [2.45, 2.75) is 63.1 Å². The average Bonchev–Trinajstić information content (AvgIpc) is 3.27. The van der Waals surface area contributed by atoms with Gasteiger partial charge in [-0.1, -0.05) is 6.42 Å². The van der Waals surface area contributed by atoms with Gasteiger partial charge in [-0.25, -0.2) is 4.79 Å². The Morgan fingerprint density at radius 1 is 1.28 bits per heavy atom. The maximum atomic E-state index is 12.3. The zero-order valence-electron chi connectivity index (χ0n) is 15.9. The van der Waals surface area contributed by atoms with E-state index in [4.69, 9.17) is 19.1 Å². The summed E-state index contributed by atoms with van der Waals surface area (Å²) in [6.45, 7) is 2.63. The van der Waals surface area contributed by atoms with Gasteiger partial charge in [-0.3, -0.25) is 9.69 Å². The summed E-state index contributed by atoms with van der Waals surface area (Å²) in [4.78, 5) is 23.7. The maximum Gasteiger partial charge on any atom is 0.490 e. The van der Waals surface area contributed by atoms with Gasteiger partial charge in [-0.05, 0) is 50.3 Å². The van der Waals surface area contributed by atoms with Crippen LogP contribution >= 0.6 is 0 Å². The molecule has 29 heavy (non-hydrogen) atoms. The molecule has 0 aromatic carbocycles. The molecule has 0 spiro atoms. The lowest BCUT2D eigenvalue weighted by atomic mass is 9.86. The molecule has 10 heteroatoms. The highest BCUT2D eigenvalue weighted by Crippen LogP contribution is 2.36. The molecule has 162 valence electrons. The number of carboxylic acid groups (broad SMARTS) is 1. The second-order valence-electron chi connectivity index (χ2n) is 7.63. The van der Waals surface area contributed by atoms with Gasteiger partial charge in [0.1, 0.15) is 11.9 Å². The summed E-state index contributed by atoms with van der Waals surface area (Å²) in [7, 11) is 0. The summed E-state index contributed by atoms with van der Waals surface area (Å²) in [5.41, 5.74) is 0. The average molecular weight is 418 g/mol. The Labute approximate surface area is 166 Å². The van der Waals surface area contributed by atoms with Gasteiger partial charge in [-0.15, -0.1) is 0 Å². The molecule has 1 aromatic heterocycles. The molecule has 7 nitrogen and oxygen atoms in total. The first kappa shape index (κ1) is 21.6. The number of hydrogen-bond donors (Lipinski definition) is 2. The number of hydrogen-bond acceptors (Lipinski definition) is 5. The number of likely N-dealkylation sites (tertiary alicyclic amines) is 1. The Hall–Kier alpha value is -2.07. The topological polar surface area (TPSA) is 92.0 Å². The maximum absolute atomic E-state index is 12.3. The standard InChI is InChI=1S/C17H24N2O3.C2HF3O2/c20-17(18-10-14-5-2-8-21-14)15-9-12-6-7-19(11-16(12)22-15)13-3-1-4-13;3-2(4,5)1(6)7/h2,5,8,12-13,15-16H,1,3-4,6-7,9-11H2,(H,18,20);(H,6,7)/t12-,15-,16+;/m0./s1. The number of amides is 1. The van der Waals surface area contributed by atoms with E-state index in [1.54, 1.807) is 6.26 Å². The molecule has 3 heterocycles. The van der Waals surface area contributed by atoms with Crippen LogP contribution in [0.15, 0.2) is 22.8 Å². The Morgan fingerprint density at radius 3 is 2.55 bits per heavy atom. The van der Waals surface area contributed by atoms with E-state index in [0.29, 0.717) is 12.5 Å². The molecule has 4 rings (SSSR count). The molecule has 0 bridgehead atoms. The van der Waals surface area contributed by atoms with Crippen LogP contribution in [-0.2, 0) is 20.9 Å². The van der Waals surface area contributed by atoms with Gasteiger partial charge in [-0.2, -0.15) is 13.2 Å². The van der Waals surface area contributed by atoms with Gasteiger partial charge >= 0.3 is 12.1 Å². The monoisotopic (exact) mass is 418 g/mol. The Kier molecular flexibility index (Phi) is 6.84. The number of alkyl halides is 3. The molecule has 1 saturated carbocycles. The smallest absolute Gasteiger partial charge is 0.475 e. The molecular formula is C19H25F3N2O5. The molecule has 3 aliphatic rings. The number of fused-ring (bicyclic) bond motifs is 1. The lowest BCUT2D eigenvalue weighted by Gasteiger charge is -2.43. The molecule has 2 N–H and O–H groups in total. The largest absolute Gasteiger partial charge is 0.490 e. The number of piperidine rings is 1. The highest BCUT2D eigenvalue weighted by molar-refractivity contribution is 5.81. The predicted octanol–water partition coefficient (Wildman–Crippen LogP) is 2.56. The fraction of sp³-hybridized carbons (Fsp3) is 0.684. The van der Waals surface area contributed by atoms with E-state index >= 15 is 0 Å². The summed E-state index contributed by atoms with van der Waals surface area (Å²) in [6, 6.07) is 4.47. The van der Waals surface area contributed by atoms with Crippen molar-refractivity contribution in [1.29, 1.82) is 0 Å². The second kappa shape index (κ2) is 9.17. The summed E-state index contributed by atoms with van der Waals surface area (Å²) in [6.07, 6.45) is 2.58. The highest BCUT2D eigenvalue weighted by Gasteiger charge is 2.43. The molecule has 3 fully saturated rings. The fourth-order valence-corrected chi connectivity index (χ4v) is 3.91. The van der Waals surface area contributed by atoms with Crippen LogP contribution in [0.2, 0.25) is 0 Å². The zero-order valence-corrected chi connectivity index (χ0v) is 15.9. The molecule has 0 radical (unpaired) electrons. The summed E-state index contributed by atoms with van der Waals surface area (Å²) in [5, 5.41) is 10.0. The minimum Gasteiger partial charge on any atom is -0.475 e. The van der Waals surface area contributed by atoms with E-state index in [2.05, 4.69) is 10.2 Å². The summed E-state index contributed by atoms with van der Waals surface area (Å²) < 4.78 is 43.0. The van der Waals surface area contributed by atoms with E-state index in [9.17, 15) is 18.0 Å². The van der Waals surface area contributed by atoms with E-state index in [-0.39, 0.29) is 18.1 Å². The number of aliphatic carboxylic acids is 1. The number of rotatable bonds is 4. The number of carboxylic acids is 1. The number of carbonyl (C=O) groups is 2. The van der Waals surface area contributed by atoms with Crippen LogP contribution < -0.4 is 5.32 Å². The van der Waals surface area contributed by atoms with Crippen molar-refractivity contribution in [2.75, 3.05) is 13.1 Å². The Balaban J connectivity index is 0.000000298. The van der Waals surface area contributed by atoms with Crippen molar-refractivity contribution in [3.63, 3.8) is 0 Å². The molecule has 3 atom stereocenters. The van der Waals surface area contributed by atoms with Crippen molar-refractivity contribution < 1.29 is 37.0 Å². The quantitative estimate of drug-likeness (QED) is 0.781. The zero-order chi connectivity index (χ0) is 21.0. The number of nitrogens with zero attached hydrogens (tertiary/aromatic N) is 1. The fourth-order valence-electron chi connectivity index (χ4n) is 3.91. The minimum absolute atomic E-state index is 0.000921. The third kappa shape index (κ3) is 5.72. The van der Waals surface area contributed by atoms with E-state index in [1.807, 2.05) is 12.1 Å². The van der Waals surface area contributed by atoms with Crippen LogP contribution in [0.1, 0.15) is 37.9 Å². The van der Waals surface area contributed by atoms with Crippen LogP contribution in [-0.4, -0.2) is 59.4 Å². The van der Waals surface area contributed by atoms with Crippen LogP contribution in [0, 0.1) is 5.92 Å². The number of furan rings is 1. The molecule has 1 amide bonds. The number of ether oxygens (including phenoxy) is 1. The Bertz CT molecular complexity index is 691. The molecular weight excluding hydrogens is 393 g/mol. The number of carbonyl (C=O) groups excluding carboxylic acids is 1. The SMILES string of the molecule is O=C(NCc1ccco1)[C@@H]1C[C@@H]2CCN(C3CCC3)C[C@H]2O1.O=C(O)C(F)(F)F. The Morgan fingerprint density at radius 2 is 2.00 bits per heavy atom. The first-order chi connectivity index (χ1) is 13.7. The van der Waals surface area contributed by atoms with Crippen molar-refractivity contribution in [1.82, 2.24) is 10.2 Å². The van der Waals surface area contributed by atoms with Gasteiger partial charge in [0.15, 0.2) is 0 Å². The predicted molar refractivity (Wildman–Crippen MR) is 94.8 cm³/mol. The van der Waals surface area contributed by atoms with Crippen LogP contribution in [0.5, 0.6) is 0 Å². The number of nitrogens with one attached hydrogen (secondary N) is 1. The van der Waals surface area contributed by atoms with Gasteiger partial charge in [0.25, 0.3) is 0 Å². The number of halogens is 3. The second-order valence-corrected chi connectivity index (χ2v) is 7.63. The first-order valence-corrected chi connectivity index (χ1v) is 9.73. The third-order valence-corrected chi connectivity index (χ3v) is 5.73. The van der Waals surface area contributed by atoms with Crippen molar-refractivity contribution >= 4 is 11.9 Å². The lowest BCUT2D eigenvalue weighted by Crippen LogP contribution is -2.49. The third-order valence-electron chi connectivity index (χ3n) is 5.73. The summed E-state index contributed by atoms with van der Waals surface area (Å²) >= 11 is 0. The first-order valence-electron chi connectivity index (χ1n) is 9.73. The van der Waals surface area contributed by atoms with Crippen LogP contribution in [0.3, 0.4) is 0 Å². The van der Waals surface area contributed by atoms with E-state index < -0.39 is 12.1 Å². The van der Waals surface area contributed by atoms with Gasteiger partial charge in [0.05, 0.1) is 18.9 Å². The molecule has 1 aromatic rings. The molecule has 0 unspecified atom stereocenters. The van der Waals surface area contributed by atoms with Crippen molar-refractivity contribution in [2.24, 2.45) is 5.92 Å². The van der Waals surface area contributed by atoms with Crippen molar-refractivity contribution in [3.05, 3.63) is 24.2 Å². The summed E-state index contributed by atoms with van der Waals surface area (Å²) in [5.74, 6) is -1.43. The van der Waals surface area contributed by atoms with Gasteiger partial charge in [0, 0.05) is 12.6 Å². The van der Waals surface area contributed by atoms with Gasteiger partial charge in [0.2, 0.25) is 5.91 Å². The molecule has 2 aliphatic heterocycles. The van der Waals surface area contributed by atoms with Crippen LogP contribution in [0.25, 0.3) is 0 Å². The van der Waals surface area contributed by atoms with Crippen LogP contribution in [0.4, 0.5) is 13.2 Å².